The van der Waals surface area contributed by atoms with Crippen molar-refractivity contribution in [2.24, 2.45) is 0 Å². The average molecular weight is 364 g/mol. The van der Waals surface area contributed by atoms with Crippen LogP contribution in [0.2, 0.25) is 0 Å². The second kappa shape index (κ2) is 7.89. The van der Waals surface area contributed by atoms with Gasteiger partial charge in [-0.3, -0.25) is 0 Å². The van der Waals surface area contributed by atoms with E-state index in [9.17, 15) is 9.90 Å². The van der Waals surface area contributed by atoms with Gasteiger partial charge in [-0.15, -0.1) is 11.3 Å². The molecule has 0 spiro atoms. The van der Waals surface area contributed by atoms with Crippen molar-refractivity contribution in [3.05, 3.63) is 95.4 Å². The smallest absolute Gasteiger partial charge is 0.355 e. The summed E-state index contributed by atoms with van der Waals surface area (Å²) in [5.74, 6) is -0.996. The van der Waals surface area contributed by atoms with E-state index in [0.717, 1.165) is 5.56 Å². The molecular formula is C21H20N2O2S. The fourth-order valence-corrected chi connectivity index (χ4v) is 3.45. The molecule has 3 rings (SSSR count). The number of aliphatic carboxylic acids is 1. The van der Waals surface area contributed by atoms with Gasteiger partial charge in [-0.2, -0.15) is 0 Å². The highest BCUT2D eigenvalue weighted by Gasteiger charge is 2.23. The highest BCUT2D eigenvalue weighted by molar-refractivity contribution is 7.13. The van der Waals surface area contributed by atoms with Gasteiger partial charge in [0.05, 0.1) is 5.70 Å². The molecule has 5 heteroatoms. The lowest BCUT2D eigenvalue weighted by molar-refractivity contribution is -0.134. The lowest BCUT2D eigenvalue weighted by atomic mass is 10.1. The van der Waals surface area contributed by atoms with Gasteiger partial charge < -0.3 is 15.3 Å². The zero-order chi connectivity index (χ0) is 18.5. The van der Waals surface area contributed by atoms with E-state index in [1.165, 1.54) is 10.4 Å². The number of nitrogens with zero attached hydrogens (tertiary/aromatic N) is 1. The summed E-state index contributed by atoms with van der Waals surface area (Å²) in [7, 11) is 0. The third-order valence-corrected chi connectivity index (χ3v) is 4.91. The SMILES string of the molecule is C=C1C=CC(NCc2ccc(-c3cccs3)cc2)=C(C(=O)O)N1/C=C\C. The van der Waals surface area contributed by atoms with Crippen molar-refractivity contribution in [3.8, 4) is 10.4 Å². The largest absolute Gasteiger partial charge is 0.476 e. The van der Waals surface area contributed by atoms with Gasteiger partial charge in [-0.05, 0) is 41.6 Å². The van der Waals surface area contributed by atoms with Crippen LogP contribution in [-0.2, 0) is 11.3 Å². The second-order valence-electron chi connectivity index (χ2n) is 5.77. The van der Waals surface area contributed by atoms with E-state index < -0.39 is 5.97 Å². The molecule has 1 aromatic carbocycles. The van der Waals surface area contributed by atoms with Crippen LogP contribution >= 0.6 is 11.3 Å². The Labute approximate surface area is 157 Å². The molecule has 0 radical (unpaired) electrons. The molecule has 1 aromatic heterocycles. The first-order valence-corrected chi connectivity index (χ1v) is 9.11. The Balaban J connectivity index is 1.77. The lowest BCUT2D eigenvalue weighted by Crippen LogP contribution is -2.29. The summed E-state index contributed by atoms with van der Waals surface area (Å²) in [4.78, 5) is 14.5. The van der Waals surface area contributed by atoms with Crippen LogP contribution in [-0.4, -0.2) is 16.0 Å². The van der Waals surface area contributed by atoms with Crippen LogP contribution in [0.5, 0.6) is 0 Å². The van der Waals surface area contributed by atoms with Crippen molar-refractivity contribution in [1.82, 2.24) is 10.2 Å². The quantitative estimate of drug-likeness (QED) is 0.779. The first-order valence-electron chi connectivity index (χ1n) is 8.23. The first kappa shape index (κ1) is 17.8. The molecule has 132 valence electrons. The molecule has 4 nitrogen and oxygen atoms in total. The summed E-state index contributed by atoms with van der Waals surface area (Å²) in [6.45, 7) is 6.28. The highest BCUT2D eigenvalue weighted by Crippen LogP contribution is 2.25. The summed E-state index contributed by atoms with van der Waals surface area (Å²) in [5.41, 5.74) is 3.61. The van der Waals surface area contributed by atoms with Crippen molar-refractivity contribution in [2.45, 2.75) is 13.5 Å². The van der Waals surface area contributed by atoms with Crippen molar-refractivity contribution in [1.29, 1.82) is 0 Å². The van der Waals surface area contributed by atoms with E-state index in [0.29, 0.717) is 17.9 Å². The number of carboxylic acid groups (broad SMARTS) is 1. The molecule has 2 N–H and O–H groups in total. The van der Waals surface area contributed by atoms with Gasteiger partial charge in [-0.25, -0.2) is 4.79 Å². The number of rotatable bonds is 6. The molecule has 0 saturated heterocycles. The summed E-state index contributed by atoms with van der Waals surface area (Å²) in [5, 5.41) is 14.9. The lowest BCUT2D eigenvalue weighted by Gasteiger charge is -2.27. The maximum absolute atomic E-state index is 11.7. The van der Waals surface area contributed by atoms with Gasteiger partial charge in [0.25, 0.3) is 0 Å². The molecule has 0 atom stereocenters. The van der Waals surface area contributed by atoms with Gasteiger partial charge in [0.1, 0.15) is 0 Å². The molecule has 0 aliphatic carbocycles. The Kier molecular flexibility index (Phi) is 5.39. The molecule has 0 bridgehead atoms. The molecule has 26 heavy (non-hydrogen) atoms. The molecule has 0 unspecified atom stereocenters. The maximum Gasteiger partial charge on any atom is 0.355 e. The topological polar surface area (TPSA) is 52.6 Å². The van der Waals surface area contributed by atoms with Crippen LogP contribution in [0.1, 0.15) is 12.5 Å². The highest BCUT2D eigenvalue weighted by atomic mass is 32.1. The Morgan fingerprint density at radius 1 is 1.27 bits per heavy atom. The number of carboxylic acids is 1. The van der Waals surface area contributed by atoms with Gasteiger partial charge >= 0.3 is 5.97 Å². The van der Waals surface area contributed by atoms with E-state index in [1.54, 1.807) is 40.7 Å². The van der Waals surface area contributed by atoms with Gasteiger partial charge in [0.2, 0.25) is 0 Å². The minimum atomic E-state index is -0.996. The fraction of sp³-hybridized carbons (Fsp3) is 0.0952. The Morgan fingerprint density at radius 3 is 2.65 bits per heavy atom. The third kappa shape index (κ3) is 3.78. The summed E-state index contributed by atoms with van der Waals surface area (Å²) < 4.78 is 0. The standard InChI is InChI=1S/C21H20N2O2S/c1-3-12-23-15(2)6-11-18(20(23)21(24)25)22-14-16-7-9-17(10-8-16)19-5-4-13-26-19/h3-13,22H,2,14H2,1H3,(H,24,25)/b12-3-. The van der Waals surface area contributed by atoms with Crippen molar-refractivity contribution < 1.29 is 9.90 Å². The summed E-state index contributed by atoms with van der Waals surface area (Å²) in [6.07, 6.45) is 7.04. The minimum Gasteiger partial charge on any atom is -0.476 e. The van der Waals surface area contributed by atoms with E-state index in [-0.39, 0.29) is 5.70 Å². The zero-order valence-corrected chi connectivity index (χ0v) is 15.3. The van der Waals surface area contributed by atoms with E-state index >= 15 is 0 Å². The molecule has 2 aromatic rings. The van der Waals surface area contributed by atoms with Crippen molar-refractivity contribution >= 4 is 17.3 Å². The second-order valence-corrected chi connectivity index (χ2v) is 6.72. The Bertz CT molecular complexity index is 891. The monoisotopic (exact) mass is 364 g/mol. The van der Waals surface area contributed by atoms with E-state index in [4.69, 9.17) is 0 Å². The minimum absolute atomic E-state index is 0.172. The van der Waals surface area contributed by atoms with Gasteiger partial charge in [0.15, 0.2) is 5.70 Å². The number of nitrogens with one attached hydrogen (secondary N) is 1. The number of thiophene rings is 1. The maximum atomic E-state index is 11.7. The molecule has 1 aliphatic heterocycles. The van der Waals surface area contributed by atoms with Crippen LogP contribution in [0.3, 0.4) is 0 Å². The molecule has 0 amide bonds. The number of hydrogen-bond donors (Lipinski definition) is 2. The predicted octanol–water partition coefficient (Wildman–Crippen LogP) is 4.72. The average Bonchev–Trinajstić information content (AvgIpc) is 3.17. The van der Waals surface area contributed by atoms with Crippen LogP contribution < -0.4 is 5.32 Å². The van der Waals surface area contributed by atoms with Gasteiger partial charge in [-0.1, -0.05) is 43.0 Å². The third-order valence-electron chi connectivity index (χ3n) is 3.99. The molecule has 1 aliphatic rings. The number of benzene rings is 1. The Hall–Kier alpha value is -3.05. The van der Waals surface area contributed by atoms with Crippen LogP contribution in [0.4, 0.5) is 0 Å². The number of carbonyl (C=O) groups is 1. The molecular weight excluding hydrogens is 344 g/mol. The first-order chi connectivity index (χ1) is 12.6. The summed E-state index contributed by atoms with van der Waals surface area (Å²) in [6, 6.07) is 12.4. The van der Waals surface area contributed by atoms with Crippen LogP contribution in [0.25, 0.3) is 10.4 Å². The zero-order valence-electron chi connectivity index (χ0n) is 14.5. The fourth-order valence-electron chi connectivity index (χ4n) is 2.72. The van der Waals surface area contributed by atoms with Gasteiger partial charge in [0, 0.05) is 23.3 Å². The summed E-state index contributed by atoms with van der Waals surface area (Å²) >= 11 is 1.71. The van der Waals surface area contributed by atoms with Crippen molar-refractivity contribution in [2.75, 3.05) is 0 Å². The number of hydrogen-bond acceptors (Lipinski definition) is 4. The van der Waals surface area contributed by atoms with Crippen LogP contribution in [0.15, 0.2) is 89.9 Å². The Morgan fingerprint density at radius 2 is 2.04 bits per heavy atom. The predicted molar refractivity (Wildman–Crippen MR) is 106 cm³/mol. The molecule has 0 fully saturated rings. The molecule has 0 saturated carbocycles. The van der Waals surface area contributed by atoms with E-state index in [1.807, 2.05) is 13.0 Å². The normalized spacial score (nSPS) is 14.3. The number of allylic oxidation sites excluding steroid dienone is 3. The van der Waals surface area contributed by atoms with E-state index in [2.05, 4.69) is 47.6 Å². The van der Waals surface area contributed by atoms with Crippen LogP contribution in [0, 0.1) is 0 Å². The van der Waals surface area contributed by atoms with Crippen molar-refractivity contribution in [3.63, 3.8) is 0 Å². The molecule has 2 heterocycles.